The van der Waals surface area contributed by atoms with Crippen LogP contribution in [0.25, 0.3) is 0 Å². The molecule has 0 aliphatic carbocycles. The number of carbonyl (C=O) groups is 3. The fourth-order valence-corrected chi connectivity index (χ4v) is 1.60. The van der Waals surface area contributed by atoms with Crippen LogP contribution in [0.2, 0.25) is 0 Å². The van der Waals surface area contributed by atoms with Crippen molar-refractivity contribution in [3.05, 3.63) is 29.3 Å². The van der Waals surface area contributed by atoms with Gasteiger partial charge in [-0.25, -0.2) is 8.78 Å². The third kappa shape index (κ3) is 1.65. The number of Topliss-reactive ketones (excluding diaryl/α,β-unsaturated/α-hetero) is 1. The molecule has 0 saturated carbocycles. The molecule has 1 aliphatic rings. The lowest BCUT2D eigenvalue weighted by Gasteiger charge is -2.13. The SMILES string of the molecule is NC(=O)CN1C(=O)C(=O)c2cc(F)c(F)cc21. The van der Waals surface area contributed by atoms with Crippen LogP contribution in [0.4, 0.5) is 14.5 Å². The average Bonchev–Trinajstić information content (AvgIpc) is 2.45. The van der Waals surface area contributed by atoms with E-state index >= 15 is 0 Å². The Hall–Kier alpha value is -2.31. The molecule has 0 spiro atoms. The number of carbonyl (C=O) groups excluding carboxylic acids is 3. The molecular weight excluding hydrogens is 234 g/mol. The zero-order valence-electron chi connectivity index (χ0n) is 8.37. The normalized spacial score (nSPS) is 14.1. The van der Waals surface area contributed by atoms with Crippen LogP contribution in [0.15, 0.2) is 12.1 Å². The number of ketones is 1. The number of nitrogens with two attached hydrogens (primary N) is 1. The second kappa shape index (κ2) is 3.62. The van der Waals surface area contributed by atoms with Crippen molar-refractivity contribution in [3.8, 4) is 0 Å². The fourth-order valence-electron chi connectivity index (χ4n) is 1.60. The summed E-state index contributed by atoms with van der Waals surface area (Å²) < 4.78 is 25.9. The Morgan fingerprint density at radius 2 is 1.82 bits per heavy atom. The molecule has 17 heavy (non-hydrogen) atoms. The number of primary amides is 1. The first kappa shape index (κ1) is 11.2. The molecule has 2 amide bonds. The van der Waals surface area contributed by atoms with Gasteiger partial charge in [0.1, 0.15) is 6.54 Å². The van der Waals surface area contributed by atoms with Gasteiger partial charge in [0.05, 0.1) is 11.3 Å². The summed E-state index contributed by atoms with van der Waals surface area (Å²) in [5.74, 6) is -5.31. The van der Waals surface area contributed by atoms with E-state index in [1.54, 1.807) is 0 Å². The summed E-state index contributed by atoms with van der Waals surface area (Å²) in [6, 6.07) is 1.32. The molecule has 0 bridgehead atoms. The molecule has 0 radical (unpaired) electrons. The van der Waals surface area contributed by atoms with Gasteiger partial charge in [-0.05, 0) is 6.07 Å². The van der Waals surface area contributed by atoms with Crippen LogP contribution >= 0.6 is 0 Å². The van der Waals surface area contributed by atoms with Crippen LogP contribution in [-0.4, -0.2) is 24.1 Å². The standard InChI is InChI=1S/C10H6F2N2O3/c11-5-1-4-7(2-6(5)12)14(3-8(13)15)10(17)9(4)16/h1-2H,3H2,(H2,13,15). The fraction of sp³-hybridized carbons (Fsp3) is 0.100. The molecule has 5 nitrogen and oxygen atoms in total. The molecule has 1 heterocycles. The second-order valence-corrected chi connectivity index (χ2v) is 3.47. The predicted molar refractivity (Wildman–Crippen MR) is 52.2 cm³/mol. The number of anilines is 1. The lowest BCUT2D eigenvalue weighted by molar-refractivity contribution is -0.119. The highest BCUT2D eigenvalue weighted by molar-refractivity contribution is 6.52. The van der Waals surface area contributed by atoms with Gasteiger partial charge in [0.2, 0.25) is 5.91 Å². The van der Waals surface area contributed by atoms with Crippen LogP contribution in [0.5, 0.6) is 0 Å². The largest absolute Gasteiger partial charge is 0.368 e. The van der Waals surface area contributed by atoms with E-state index in [1.807, 2.05) is 0 Å². The van der Waals surface area contributed by atoms with E-state index in [0.717, 1.165) is 4.90 Å². The Balaban J connectivity index is 2.56. The number of benzene rings is 1. The minimum Gasteiger partial charge on any atom is -0.368 e. The quantitative estimate of drug-likeness (QED) is 0.737. The van der Waals surface area contributed by atoms with E-state index in [9.17, 15) is 23.2 Å². The number of fused-ring (bicyclic) bond motifs is 1. The van der Waals surface area contributed by atoms with E-state index in [-0.39, 0.29) is 11.3 Å². The van der Waals surface area contributed by atoms with Gasteiger partial charge in [0.15, 0.2) is 11.6 Å². The minimum atomic E-state index is -1.23. The van der Waals surface area contributed by atoms with Gasteiger partial charge >= 0.3 is 0 Å². The number of rotatable bonds is 2. The summed E-state index contributed by atoms with van der Waals surface area (Å²) in [7, 11) is 0. The molecular formula is C10H6F2N2O3. The first-order valence-corrected chi connectivity index (χ1v) is 4.55. The van der Waals surface area contributed by atoms with Crippen molar-refractivity contribution in [1.82, 2.24) is 0 Å². The second-order valence-electron chi connectivity index (χ2n) is 3.47. The lowest BCUT2D eigenvalue weighted by Crippen LogP contribution is -2.37. The highest BCUT2D eigenvalue weighted by atomic mass is 19.2. The molecule has 1 aromatic carbocycles. The van der Waals surface area contributed by atoms with E-state index in [4.69, 9.17) is 5.73 Å². The summed E-state index contributed by atoms with van der Waals surface area (Å²) in [6.07, 6.45) is 0. The molecule has 0 aromatic heterocycles. The number of hydrogen-bond donors (Lipinski definition) is 1. The maximum absolute atomic E-state index is 13.0. The molecule has 1 aliphatic heterocycles. The zero-order valence-corrected chi connectivity index (χ0v) is 8.37. The van der Waals surface area contributed by atoms with Gasteiger partial charge in [-0.1, -0.05) is 0 Å². The number of halogens is 2. The molecule has 0 saturated heterocycles. The van der Waals surface area contributed by atoms with Gasteiger partial charge in [-0.15, -0.1) is 0 Å². The summed E-state index contributed by atoms with van der Waals surface area (Å²) in [4.78, 5) is 34.3. The molecule has 2 N–H and O–H groups in total. The summed E-state index contributed by atoms with van der Waals surface area (Å²) in [5, 5.41) is 0. The van der Waals surface area contributed by atoms with Crippen molar-refractivity contribution >= 4 is 23.3 Å². The smallest absolute Gasteiger partial charge is 0.299 e. The molecule has 7 heteroatoms. The highest BCUT2D eigenvalue weighted by Gasteiger charge is 2.37. The van der Waals surface area contributed by atoms with Crippen molar-refractivity contribution in [2.45, 2.75) is 0 Å². The summed E-state index contributed by atoms with van der Waals surface area (Å²) >= 11 is 0. The Labute approximate surface area is 93.8 Å². The number of hydrogen-bond acceptors (Lipinski definition) is 3. The van der Waals surface area contributed by atoms with E-state index < -0.39 is 35.8 Å². The lowest BCUT2D eigenvalue weighted by atomic mass is 10.1. The van der Waals surface area contributed by atoms with E-state index in [2.05, 4.69) is 0 Å². The topological polar surface area (TPSA) is 80.5 Å². The average molecular weight is 240 g/mol. The maximum Gasteiger partial charge on any atom is 0.299 e. The van der Waals surface area contributed by atoms with Crippen LogP contribution in [0.1, 0.15) is 10.4 Å². The van der Waals surface area contributed by atoms with Crippen molar-refractivity contribution in [1.29, 1.82) is 0 Å². The molecule has 2 rings (SSSR count). The van der Waals surface area contributed by atoms with E-state index in [0.29, 0.717) is 12.1 Å². The van der Waals surface area contributed by atoms with Crippen LogP contribution in [0, 0.1) is 11.6 Å². The van der Waals surface area contributed by atoms with Gasteiger partial charge < -0.3 is 5.73 Å². The van der Waals surface area contributed by atoms with E-state index in [1.165, 1.54) is 0 Å². The molecule has 1 aromatic rings. The minimum absolute atomic E-state index is 0.141. The van der Waals surface area contributed by atoms with Gasteiger partial charge in [-0.3, -0.25) is 19.3 Å². The van der Waals surface area contributed by atoms with Crippen LogP contribution in [-0.2, 0) is 9.59 Å². The maximum atomic E-state index is 13.0. The molecule has 0 atom stereocenters. The Kier molecular flexibility index (Phi) is 2.38. The third-order valence-electron chi connectivity index (χ3n) is 2.33. The first-order valence-electron chi connectivity index (χ1n) is 4.55. The van der Waals surface area contributed by atoms with Crippen LogP contribution in [0.3, 0.4) is 0 Å². The number of amides is 2. The Bertz CT molecular complexity index is 557. The Morgan fingerprint density at radius 3 is 2.41 bits per heavy atom. The van der Waals surface area contributed by atoms with Crippen molar-refractivity contribution < 1.29 is 23.2 Å². The van der Waals surface area contributed by atoms with Crippen molar-refractivity contribution in [2.24, 2.45) is 5.73 Å². The van der Waals surface area contributed by atoms with Gasteiger partial charge in [0, 0.05) is 6.07 Å². The van der Waals surface area contributed by atoms with Gasteiger partial charge in [0.25, 0.3) is 11.7 Å². The summed E-state index contributed by atoms with van der Waals surface area (Å²) in [6.45, 7) is -0.553. The van der Waals surface area contributed by atoms with Crippen molar-refractivity contribution in [3.63, 3.8) is 0 Å². The van der Waals surface area contributed by atoms with Crippen LogP contribution < -0.4 is 10.6 Å². The molecule has 88 valence electrons. The van der Waals surface area contributed by atoms with Crippen molar-refractivity contribution in [2.75, 3.05) is 11.4 Å². The third-order valence-corrected chi connectivity index (χ3v) is 2.33. The van der Waals surface area contributed by atoms with Gasteiger partial charge in [-0.2, -0.15) is 0 Å². The zero-order chi connectivity index (χ0) is 12.7. The number of nitrogens with zero attached hydrogens (tertiary/aromatic N) is 1. The first-order chi connectivity index (χ1) is 7.91. The molecule has 0 fully saturated rings. The Morgan fingerprint density at radius 1 is 1.24 bits per heavy atom. The molecule has 0 unspecified atom stereocenters. The predicted octanol–water partition coefficient (Wildman–Crippen LogP) is -0.0206. The monoisotopic (exact) mass is 240 g/mol. The highest BCUT2D eigenvalue weighted by Crippen LogP contribution is 2.30. The summed E-state index contributed by atoms with van der Waals surface area (Å²) in [5.41, 5.74) is 4.48.